The Morgan fingerprint density at radius 1 is 1.29 bits per heavy atom. The van der Waals surface area contributed by atoms with Gasteiger partial charge in [0.25, 0.3) is 0 Å². The lowest BCUT2D eigenvalue weighted by molar-refractivity contribution is -0.148. The molecule has 0 saturated heterocycles. The van der Waals surface area contributed by atoms with Crippen LogP contribution in [0.5, 0.6) is 0 Å². The third kappa shape index (κ3) is 4.00. The van der Waals surface area contributed by atoms with Gasteiger partial charge in [0, 0.05) is 10.9 Å². The molecule has 2 N–H and O–H groups in total. The van der Waals surface area contributed by atoms with Crippen LogP contribution in [0.4, 0.5) is 0 Å². The molecule has 1 atom stereocenters. The number of amides is 1. The Kier molecular flexibility index (Phi) is 5.39. The van der Waals surface area contributed by atoms with Gasteiger partial charge in [-0.3, -0.25) is 4.79 Å². The van der Waals surface area contributed by atoms with Crippen LogP contribution in [0.2, 0.25) is 0 Å². The van der Waals surface area contributed by atoms with E-state index >= 15 is 0 Å². The number of hydrogen-bond donors (Lipinski definition) is 2. The maximum absolute atomic E-state index is 12.2. The van der Waals surface area contributed by atoms with Crippen LogP contribution in [0.1, 0.15) is 32.0 Å². The van der Waals surface area contributed by atoms with Crippen molar-refractivity contribution < 1.29 is 14.7 Å². The van der Waals surface area contributed by atoms with Gasteiger partial charge in [-0.1, -0.05) is 43.7 Å². The predicted octanol–water partition coefficient (Wildman–Crippen LogP) is 3.28. The average molecular weight is 346 g/mol. The van der Waals surface area contributed by atoms with Crippen LogP contribution < -0.4 is 5.32 Å². The molecule has 0 aliphatic heterocycles. The first kappa shape index (κ1) is 18.1. The number of benzene rings is 1. The molecule has 1 aromatic carbocycles. The maximum Gasteiger partial charge on any atom is 0.329 e. The highest BCUT2D eigenvalue weighted by Gasteiger charge is 2.38. The van der Waals surface area contributed by atoms with Crippen LogP contribution >= 0.6 is 11.3 Å². The summed E-state index contributed by atoms with van der Waals surface area (Å²) in [6, 6.07) is 8.03. The Balaban J connectivity index is 2.08. The number of aromatic nitrogens is 1. The largest absolute Gasteiger partial charge is 0.480 e. The molecule has 0 spiro atoms. The summed E-state index contributed by atoms with van der Waals surface area (Å²) in [5.74, 6) is -1.60. The van der Waals surface area contributed by atoms with Gasteiger partial charge in [-0.05, 0) is 19.8 Å². The standard InChI is InChI=1S/C18H22N2O3S/c1-11(2)18(4,17(22)23)20-15(21)9-14-10-24-16(19-14)13-7-5-12(3)6-8-13/h5-8,10-11H,9H2,1-4H3,(H,20,21)(H,22,23). The summed E-state index contributed by atoms with van der Waals surface area (Å²) in [7, 11) is 0. The highest BCUT2D eigenvalue weighted by molar-refractivity contribution is 7.13. The number of carbonyl (C=O) groups excluding carboxylic acids is 1. The summed E-state index contributed by atoms with van der Waals surface area (Å²) in [5, 5.41) is 14.7. The molecule has 2 aromatic rings. The third-order valence-electron chi connectivity index (χ3n) is 4.19. The molecule has 1 aromatic heterocycles. The second-order valence-corrected chi connectivity index (χ2v) is 7.26. The molecule has 0 fully saturated rings. The first-order valence-electron chi connectivity index (χ1n) is 7.78. The number of aliphatic carboxylic acids is 1. The van der Waals surface area contributed by atoms with E-state index in [-0.39, 0.29) is 18.2 Å². The fraction of sp³-hybridized carbons (Fsp3) is 0.389. The van der Waals surface area contributed by atoms with Crippen LogP contribution in [0.15, 0.2) is 29.6 Å². The highest BCUT2D eigenvalue weighted by atomic mass is 32.1. The van der Waals surface area contributed by atoms with Crippen LogP contribution in [0.3, 0.4) is 0 Å². The van der Waals surface area contributed by atoms with Crippen molar-refractivity contribution >= 4 is 23.2 Å². The third-order valence-corrected chi connectivity index (χ3v) is 5.13. The van der Waals surface area contributed by atoms with Crippen molar-refractivity contribution in [2.75, 3.05) is 0 Å². The molecular formula is C18H22N2O3S. The molecular weight excluding hydrogens is 324 g/mol. The number of rotatable bonds is 6. The monoisotopic (exact) mass is 346 g/mol. The van der Waals surface area contributed by atoms with E-state index in [1.54, 1.807) is 13.8 Å². The Morgan fingerprint density at radius 3 is 2.46 bits per heavy atom. The fourth-order valence-corrected chi connectivity index (χ4v) is 2.99. The second-order valence-electron chi connectivity index (χ2n) is 6.40. The topological polar surface area (TPSA) is 79.3 Å². The lowest BCUT2D eigenvalue weighted by Gasteiger charge is -2.30. The summed E-state index contributed by atoms with van der Waals surface area (Å²) in [6.45, 7) is 7.09. The zero-order valence-electron chi connectivity index (χ0n) is 14.3. The molecule has 2 rings (SSSR count). The zero-order valence-corrected chi connectivity index (χ0v) is 15.1. The average Bonchev–Trinajstić information content (AvgIpc) is 2.95. The number of nitrogens with zero attached hydrogens (tertiary/aromatic N) is 1. The molecule has 0 aliphatic rings. The Hall–Kier alpha value is -2.21. The van der Waals surface area contributed by atoms with Gasteiger partial charge >= 0.3 is 5.97 Å². The van der Waals surface area contributed by atoms with Crippen molar-refractivity contribution in [3.63, 3.8) is 0 Å². The molecule has 24 heavy (non-hydrogen) atoms. The van der Waals surface area contributed by atoms with Crippen LogP contribution in [-0.4, -0.2) is 27.5 Å². The summed E-state index contributed by atoms with van der Waals surface area (Å²) in [6.07, 6.45) is 0.0674. The van der Waals surface area contributed by atoms with Crippen LogP contribution in [0.25, 0.3) is 10.6 Å². The normalized spacial score (nSPS) is 13.5. The van der Waals surface area contributed by atoms with Gasteiger partial charge in [-0.25, -0.2) is 9.78 Å². The molecule has 0 aliphatic carbocycles. The minimum absolute atomic E-state index is 0.0674. The summed E-state index contributed by atoms with van der Waals surface area (Å²) >= 11 is 1.47. The summed E-state index contributed by atoms with van der Waals surface area (Å²) in [5.41, 5.74) is 1.54. The van der Waals surface area contributed by atoms with Crippen molar-refractivity contribution in [1.82, 2.24) is 10.3 Å². The second kappa shape index (κ2) is 7.13. The number of aryl methyl sites for hydroxylation is 1. The lowest BCUT2D eigenvalue weighted by atomic mass is 9.88. The van der Waals surface area contributed by atoms with E-state index in [1.807, 2.05) is 36.6 Å². The Morgan fingerprint density at radius 2 is 1.92 bits per heavy atom. The number of hydrogen-bond acceptors (Lipinski definition) is 4. The van der Waals surface area contributed by atoms with E-state index in [9.17, 15) is 14.7 Å². The molecule has 6 heteroatoms. The van der Waals surface area contributed by atoms with Gasteiger partial charge in [-0.2, -0.15) is 0 Å². The molecule has 5 nitrogen and oxygen atoms in total. The van der Waals surface area contributed by atoms with Crippen molar-refractivity contribution in [3.8, 4) is 10.6 Å². The fourth-order valence-electron chi connectivity index (χ4n) is 2.16. The Labute approximate surface area is 145 Å². The van der Waals surface area contributed by atoms with E-state index in [2.05, 4.69) is 10.3 Å². The van der Waals surface area contributed by atoms with Gasteiger partial charge in [0.05, 0.1) is 12.1 Å². The highest BCUT2D eigenvalue weighted by Crippen LogP contribution is 2.24. The number of carbonyl (C=O) groups is 2. The quantitative estimate of drug-likeness (QED) is 0.841. The number of nitrogens with one attached hydrogen (secondary N) is 1. The van der Waals surface area contributed by atoms with Crippen molar-refractivity contribution in [3.05, 3.63) is 40.9 Å². The van der Waals surface area contributed by atoms with Gasteiger partial charge < -0.3 is 10.4 Å². The van der Waals surface area contributed by atoms with Gasteiger partial charge in [-0.15, -0.1) is 11.3 Å². The molecule has 1 amide bonds. The predicted molar refractivity (Wildman–Crippen MR) is 95.0 cm³/mol. The molecule has 0 radical (unpaired) electrons. The first-order chi connectivity index (χ1) is 11.2. The SMILES string of the molecule is Cc1ccc(-c2nc(CC(=O)NC(C)(C(=O)O)C(C)C)cs2)cc1. The zero-order chi connectivity index (χ0) is 17.9. The van der Waals surface area contributed by atoms with E-state index in [0.717, 1.165) is 10.6 Å². The Bertz CT molecular complexity index is 737. The molecule has 0 bridgehead atoms. The molecule has 0 saturated carbocycles. The number of carboxylic acids is 1. The smallest absolute Gasteiger partial charge is 0.329 e. The minimum atomic E-state index is -1.28. The number of carboxylic acid groups (broad SMARTS) is 1. The van der Waals surface area contributed by atoms with Gasteiger partial charge in [0.1, 0.15) is 10.5 Å². The van der Waals surface area contributed by atoms with E-state index in [0.29, 0.717) is 5.69 Å². The minimum Gasteiger partial charge on any atom is -0.480 e. The van der Waals surface area contributed by atoms with Gasteiger partial charge in [0.2, 0.25) is 5.91 Å². The summed E-state index contributed by atoms with van der Waals surface area (Å²) < 4.78 is 0. The summed E-state index contributed by atoms with van der Waals surface area (Å²) in [4.78, 5) is 28.1. The molecule has 1 unspecified atom stereocenters. The van der Waals surface area contributed by atoms with E-state index < -0.39 is 11.5 Å². The first-order valence-corrected chi connectivity index (χ1v) is 8.66. The molecule has 128 valence electrons. The lowest BCUT2D eigenvalue weighted by Crippen LogP contribution is -2.56. The van der Waals surface area contributed by atoms with Gasteiger partial charge in [0.15, 0.2) is 0 Å². The number of thiazole rings is 1. The maximum atomic E-state index is 12.2. The van der Waals surface area contributed by atoms with Crippen LogP contribution in [-0.2, 0) is 16.0 Å². The van der Waals surface area contributed by atoms with Crippen molar-refractivity contribution in [2.45, 2.75) is 39.7 Å². The van der Waals surface area contributed by atoms with Crippen molar-refractivity contribution in [2.24, 2.45) is 5.92 Å². The van der Waals surface area contributed by atoms with E-state index in [4.69, 9.17) is 0 Å². The van der Waals surface area contributed by atoms with E-state index in [1.165, 1.54) is 23.8 Å². The van der Waals surface area contributed by atoms with Crippen LogP contribution in [0, 0.1) is 12.8 Å². The molecule has 1 heterocycles. The van der Waals surface area contributed by atoms with Crippen molar-refractivity contribution in [1.29, 1.82) is 0 Å².